The van der Waals surface area contributed by atoms with E-state index < -0.39 is 0 Å². The minimum absolute atomic E-state index is 0.0787. The van der Waals surface area contributed by atoms with Crippen molar-refractivity contribution < 1.29 is 0 Å². The first-order chi connectivity index (χ1) is 30.0. The molecule has 9 aromatic carbocycles. The summed E-state index contributed by atoms with van der Waals surface area (Å²) in [5.41, 5.74) is 22.3. The van der Waals surface area contributed by atoms with Crippen molar-refractivity contribution in [2.24, 2.45) is 0 Å². The van der Waals surface area contributed by atoms with Crippen molar-refractivity contribution in [2.45, 2.75) is 50.4 Å². The first-order valence-electron chi connectivity index (χ1n) is 22.1. The molecule has 0 heterocycles. The van der Waals surface area contributed by atoms with E-state index in [2.05, 4.69) is 219 Å². The summed E-state index contributed by atoms with van der Waals surface area (Å²) in [6, 6.07) is 75.1. The van der Waals surface area contributed by atoms with Crippen LogP contribution >= 0.6 is 0 Å². The molecule has 0 aromatic heterocycles. The highest BCUT2D eigenvalue weighted by molar-refractivity contribution is 6.06. The minimum atomic E-state index is -0.110. The lowest BCUT2D eigenvalue weighted by atomic mass is 9.76. The third kappa shape index (κ3) is 5.46. The number of hydrogen-bond donors (Lipinski definition) is 0. The van der Waals surface area contributed by atoms with Gasteiger partial charge in [0.1, 0.15) is 0 Å². The molecule has 61 heavy (non-hydrogen) atoms. The Hall–Kier alpha value is -6.96. The molecule has 1 heteroatoms. The molecule has 0 N–H and O–H groups in total. The molecule has 0 atom stereocenters. The van der Waals surface area contributed by atoms with Gasteiger partial charge in [-0.1, -0.05) is 190 Å². The molecule has 0 radical (unpaired) electrons. The molecule has 1 fully saturated rings. The molecule has 12 rings (SSSR count). The lowest BCUT2D eigenvalue weighted by Crippen LogP contribution is -2.21. The van der Waals surface area contributed by atoms with Crippen LogP contribution in [0.25, 0.3) is 66.4 Å². The van der Waals surface area contributed by atoms with Gasteiger partial charge in [-0.05, 0) is 138 Å². The molecule has 0 unspecified atom stereocenters. The van der Waals surface area contributed by atoms with Crippen LogP contribution in [0.15, 0.2) is 200 Å². The van der Waals surface area contributed by atoms with Crippen molar-refractivity contribution in [1.29, 1.82) is 0 Å². The van der Waals surface area contributed by atoms with Gasteiger partial charge in [0.2, 0.25) is 0 Å². The predicted molar refractivity (Wildman–Crippen MR) is 257 cm³/mol. The van der Waals surface area contributed by atoms with E-state index in [0.29, 0.717) is 0 Å². The first kappa shape index (κ1) is 35.9. The molecule has 3 aliphatic carbocycles. The maximum absolute atomic E-state index is 2.54. The molecule has 1 spiro atoms. The second kappa shape index (κ2) is 13.8. The monoisotopic (exact) mass is 781 g/mol. The Morgan fingerprint density at radius 1 is 0.361 bits per heavy atom. The molecule has 0 aliphatic heterocycles. The zero-order valence-electron chi connectivity index (χ0n) is 34.8. The molecule has 9 aromatic rings. The Labute approximate surface area is 359 Å². The fourth-order valence-electron chi connectivity index (χ4n) is 11.7. The number of benzene rings is 9. The van der Waals surface area contributed by atoms with E-state index in [1.54, 1.807) is 0 Å². The van der Waals surface area contributed by atoms with Gasteiger partial charge in [-0.3, -0.25) is 0 Å². The van der Waals surface area contributed by atoms with Gasteiger partial charge in [0, 0.05) is 27.9 Å². The number of rotatable bonds is 6. The maximum atomic E-state index is 2.54. The smallest absolute Gasteiger partial charge is 0.0467 e. The molecule has 292 valence electrons. The van der Waals surface area contributed by atoms with Crippen molar-refractivity contribution in [1.82, 2.24) is 0 Å². The fraction of sp³-hybridized carbons (Fsp3) is 0.133. The van der Waals surface area contributed by atoms with Crippen LogP contribution in [-0.2, 0) is 10.8 Å². The van der Waals surface area contributed by atoms with Crippen LogP contribution in [0.1, 0.15) is 61.8 Å². The van der Waals surface area contributed by atoms with E-state index in [1.165, 1.54) is 120 Å². The quantitative estimate of drug-likeness (QED) is 0.162. The average Bonchev–Trinajstić information content (AvgIpc) is 3.99. The van der Waals surface area contributed by atoms with E-state index in [1.807, 2.05) is 0 Å². The second-order valence-corrected chi connectivity index (χ2v) is 18.0. The third-order valence-corrected chi connectivity index (χ3v) is 14.4. The van der Waals surface area contributed by atoms with E-state index in [0.717, 1.165) is 11.4 Å². The Morgan fingerprint density at radius 2 is 0.885 bits per heavy atom. The fourth-order valence-corrected chi connectivity index (χ4v) is 11.7. The van der Waals surface area contributed by atoms with Crippen molar-refractivity contribution in [3.05, 3.63) is 222 Å². The SMILES string of the molecule is CC1(C)c2ccccc2-c2cccc(-c3cccc(N(c4ccc(-c5cccc6cccc(-c7ccccc7)c56)cc4)c4ccc5c(c4)C4(CCCC4)c4ccccc4-5)c3)c21. The van der Waals surface area contributed by atoms with Gasteiger partial charge in [-0.2, -0.15) is 0 Å². The summed E-state index contributed by atoms with van der Waals surface area (Å²) in [6.07, 6.45) is 4.95. The van der Waals surface area contributed by atoms with Crippen LogP contribution in [0.2, 0.25) is 0 Å². The Balaban J connectivity index is 1.02. The summed E-state index contributed by atoms with van der Waals surface area (Å²) in [5.74, 6) is 0. The summed E-state index contributed by atoms with van der Waals surface area (Å²) in [4.78, 5) is 2.50. The van der Waals surface area contributed by atoms with Crippen molar-refractivity contribution >= 4 is 27.8 Å². The molecule has 0 saturated heterocycles. The highest BCUT2D eigenvalue weighted by Gasteiger charge is 2.45. The normalized spacial score (nSPS) is 15.0. The zero-order chi connectivity index (χ0) is 40.7. The largest absolute Gasteiger partial charge is 0.310 e. The highest BCUT2D eigenvalue weighted by atomic mass is 15.1. The summed E-state index contributed by atoms with van der Waals surface area (Å²) < 4.78 is 0. The highest BCUT2D eigenvalue weighted by Crippen LogP contribution is 2.58. The molecule has 1 saturated carbocycles. The first-order valence-corrected chi connectivity index (χ1v) is 22.1. The second-order valence-electron chi connectivity index (χ2n) is 18.0. The summed E-state index contributed by atoms with van der Waals surface area (Å²) in [5, 5.41) is 2.54. The van der Waals surface area contributed by atoms with Gasteiger partial charge in [-0.25, -0.2) is 0 Å². The van der Waals surface area contributed by atoms with E-state index in [9.17, 15) is 0 Å². The third-order valence-electron chi connectivity index (χ3n) is 14.4. The van der Waals surface area contributed by atoms with E-state index in [-0.39, 0.29) is 10.8 Å². The average molecular weight is 782 g/mol. The van der Waals surface area contributed by atoms with Gasteiger partial charge < -0.3 is 4.90 Å². The lowest BCUT2D eigenvalue weighted by Gasteiger charge is -2.30. The van der Waals surface area contributed by atoms with Crippen molar-refractivity contribution in [3.63, 3.8) is 0 Å². The molecule has 0 amide bonds. The van der Waals surface area contributed by atoms with Crippen molar-refractivity contribution in [2.75, 3.05) is 4.90 Å². The van der Waals surface area contributed by atoms with Gasteiger partial charge >= 0.3 is 0 Å². The van der Waals surface area contributed by atoms with Gasteiger partial charge in [0.25, 0.3) is 0 Å². The number of nitrogens with zero attached hydrogens (tertiary/aromatic N) is 1. The molecular weight excluding hydrogens is 735 g/mol. The summed E-state index contributed by atoms with van der Waals surface area (Å²) in [7, 11) is 0. The Kier molecular flexibility index (Phi) is 8.13. The Bertz CT molecular complexity index is 3160. The zero-order valence-corrected chi connectivity index (χ0v) is 34.8. The molecule has 1 nitrogen and oxygen atoms in total. The van der Waals surface area contributed by atoms with Gasteiger partial charge in [-0.15, -0.1) is 0 Å². The number of hydrogen-bond acceptors (Lipinski definition) is 1. The molecule has 0 bridgehead atoms. The number of anilines is 3. The van der Waals surface area contributed by atoms with Crippen LogP contribution < -0.4 is 4.90 Å². The standard InChI is InChI=1S/C60H47N/c1-59(2)54-28-8-6-23-51(54)53-27-15-26-49(58(53)59)43-20-12-21-45(38-43)61(46-34-35-52-50-22-7-9-29-55(50)60(56(52)39-46)36-10-11-37-60)44-32-30-41(31-33-44)48-25-14-19-42-18-13-24-47(57(42)48)40-16-4-3-5-17-40/h3-9,12-35,38-39H,10-11,36-37H2,1-2H3. The van der Waals surface area contributed by atoms with Crippen LogP contribution in [0, 0.1) is 0 Å². The van der Waals surface area contributed by atoms with Crippen LogP contribution in [0.3, 0.4) is 0 Å². The van der Waals surface area contributed by atoms with Crippen LogP contribution in [-0.4, -0.2) is 0 Å². The maximum Gasteiger partial charge on any atom is 0.0467 e. The molecular formula is C60H47N. The number of fused-ring (bicyclic) bond motifs is 9. The van der Waals surface area contributed by atoms with E-state index in [4.69, 9.17) is 0 Å². The summed E-state index contributed by atoms with van der Waals surface area (Å²) >= 11 is 0. The molecule has 3 aliphatic rings. The minimum Gasteiger partial charge on any atom is -0.310 e. The van der Waals surface area contributed by atoms with Gasteiger partial charge in [0.05, 0.1) is 0 Å². The van der Waals surface area contributed by atoms with Crippen molar-refractivity contribution in [3.8, 4) is 55.6 Å². The topological polar surface area (TPSA) is 3.24 Å². The lowest BCUT2D eigenvalue weighted by molar-refractivity contribution is 0.550. The summed E-state index contributed by atoms with van der Waals surface area (Å²) in [6.45, 7) is 4.78. The van der Waals surface area contributed by atoms with Gasteiger partial charge in [0.15, 0.2) is 0 Å². The predicted octanol–water partition coefficient (Wildman–Crippen LogP) is 16.5. The van der Waals surface area contributed by atoms with Crippen LogP contribution in [0.4, 0.5) is 17.1 Å². The Morgan fingerprint density at radius 3 is 1.64 bits per heavy atom. The van der Waals surface area contributed by atoms with E-state index >= 15 is 0 Å². The van der Waals surface area contributed by atoms with Crippen LogP contribution in [0.5, 0.6) is 0 Å².